The van der Waals surface area contributed by atoms with Crippen molar-refractivity contribution in [2.45, 2.75) is 51.2 Å². The zero-order valence-electron chi connectivity index (χ0n) is 21.4. The number of alkyl halides is 6. The lowest BCUT2D eigenvalue weighted by molar-refractivity contribution is -0.143. The van der Waals surface area contributed by atoms with Gasteiger partial charge in [-0.15, -0.1) is 0 Å². The summed E-state index contributed by atoms with van der Waals surface area (Å²) in [5, 5.41) is 0. The molecule has 39 heavy (non-hydrogen) atoms. The Morgan fingerprint density at radius 2 is 1.51 bits per heavy atom. The van der Waals surface area contributed by atoms with Gasteiger partial charge < -0.3 is 24.8 Å². The summed E-state index contributed by atoms with van der Waals surface area (Å²) >= 11 is 0. The first-order valence-corrected chi connectivity index (χ1v) is 11.7. The Morgan fingerprint density at radius 1 is 0.974 bits per heavy atom. The van der Waals surface area contributed by atoms with Crippen molar-refractivity contribution in [2.24, 2.45) is 5.73 Å². The molecule has 3 rings (SSSR count). The first-order valence-electron chi connectivity index (χ1n) is 11.7. The van der Waals surface area contributed by atoms with Crippen molar-refractivity contribution in [1.82, 2.24) is 4.90 Å². The van der Waals surface area contributed by atoms with E-state index in [0.717, 1.165) is 4.90 Å². The number of nitrogens with two attached hydrogens (primary N) is 1. The van der Waals surface area contributed by atoms with E-state index in [1.807, 2.05) is 0 Å². The van der Waals surface area contributed by atoms with Crippen molar-refractivity contribution >= 4 is 17.8 Å². The molecule has 2 N–H and O–H groups in total. The fourth-order valence-corrected chi connectivity index (χ4v) is 4.57. The number of halogens is 6. The van der Waals surface area contributed by atoms with E-state index in [1.54, 1.807) is 13.8 Å². The summed E-state index contributed by atoms with van der Waals surface area (Å²) in [4.78, 5) is 27.7. The van der Waals surface area contributed by atoms with Gasteiger partial charge in [0.25, 0.3) is 0 Å². The van der Waals surface area contributed by atoms with Crippen molar-refractivity contribution in [1.29, 1.82) is 0 Å². The minimum absolute atomic E-state index is 0.00442. The quantitative estimate of drug-likeness (QED) is 0.428. The molecule has 0 saturated heterocycles. The number of urea groups is 1. The maximum atomic E-state index is 13.4. The van der Waals surface area contributed by atoms with Gasteiger partial charge in [-0.05, 0) is 50.1 Å². The van der Waals surface area contributed by atoms with Crippen LogP contribution >= 0.6 is 0 Å². The van der Waals surface area contributed by atoms with E-state index >= 15 is 0 Å². The zero-order chi connectivity index (χ0) is 29.3. The van der Waals surface area contributed by atoms with Crippen molar-refractivity contribution in [3.8, 4) is 11.5 Å². The third-order valence-electron chi connectivity index (χ3n) is 6.28. The second-order valence-corrected chi connectivity index (χ2v) is 8.82. The van der Waals surface area contributed by atoms with Crippen LogP contribution in [0.15, 0.2) is 30.3 Å². The number of carbonyl (C=O) groups is 2. The molecule has 0 radical (unpaired) electrons. The van der Waals surface area contributed by atoms with Crippen LogP contribution in [0.1, 0.15) is 48.6 Å². The number of methoxy groups -OCH3 is 2. The fourth-order valence-electron chi connectivity index (χ4n) is 4.57. The lowest BCUT2D eigenvalue weighted by atomic mass is 9.90. The van der Waals surface area contributed by atoms with Gasteiger partial charge in [0.2, 0.25) is 0 Å². The summed E-state index contributed by atoms with van der Waals surface area (Å²) < 4.78 is 96.4. The number of ether oxygens (including phenoxy) is 3. The molecule has 2 aromatic carbocycles. The van der Waals surface area contributed by atoms with E-state index < -0.39 is 59.8 Å². The Morgan fingerprint density at radius 3 is 1.97 bits per heavy atom. The van der Waals surface area contributed by atoms with E-state index in [1.165, 1.54) is 31.3 Å². The van der Waals surface area contributed by atoms with Gasteiger partial charge in [-0.2, -0.15) is 26.3 Å². The molecule has 0 saturated carbocycles. The van der Waals surface area contributed by atoms with Crippen LogP contribution in [0.25, 0.3) is 0 Å². The monoisotopic (exact) mass is 563 g/mol. The molecular weight excluding hydrogens is 536 g/mol. The number of benzene rings is 2. The number of carbonyl (C=O) groups excluding carboxylic acids is 2. The summed E-state index contributed by atoms with van der Waals surface area (Å²) in [7, 11) is 2.71. The van der Waals surface area contributed by atoms with E-state index in [-0.39, 0.29) is 36.3 Å². The zero-order valence-corrected chi connectivity index (χ0v) is 21.4. The van der Waals surface area contributed by atoms with Crippen LogP contribution in [0.3, 0.4) is 0 Å². The molecule has 1 aliphatic heterocycles. The number of amides is 3. The molecule has 0 bridgehead atoms. The third kappa shape index (κ3) is 6.25. The smallest absolute Gasteiger partial charge is 0.416 e. The highest BCUT2D eigenvalue weighted by Gasteiger charge is 2.41. The summed E-state index contributed by atoms with van der Waals surface area (Å²) in [6.45, 7) is 2.66. The number of fused-ring (bicyclic) bond motifs is 1. The topological polar surface area (TPSA) is 94.3 Å². The maximum Gasteiger partial charge on any atom is 0.416 e. The van der Waals surface area contributed by atoms with E-state index in [9.17, 15) is 35.9 Å². The Labute approximate surface area is 220 Å². The molecule has 0 spiro atoms. The predicted molar refractivity (Wildman–Crippen MR) is 127 cm³/mol. The molecule has 3 amide bonds. The average molecular weight is 563 g/mol. The van der Waals surface area contributed by atoms with Crippen molar-refractivity contribution < 1.29 is 50.1 Å². The Bertz CT molecular complexity index is 1200. The predicted octanol–water partition coefficient (Wildman–Crippen LogP) is 6.12. The van der Waals surface area contributed by atoms with Crippen LogP contribution in [-0.2, 0) is 23.6 Å². The van der Waals surface area contributed by atoms with Gasteiger partial charge in [-0.3, -0.25) is 4.90 Å². The molecule has 14 heteroatoms. The van der Waals surface area contributed by atoms with E-state index in [2.05, 4.69) is 0 Å². The van der Waals surface area contributed by atoms with Crippen molar-refractivity contribution in [3.05, 3.63) is 52.6 Å². The molecule has 0 fully saturated rings. The van der Waals surface area contributed by atoms with Gasteiger partial charge >= 0.3 is 24.5 Å². The Hall–Kier alpha value is -3.84. The van der Waals surface area contributed by atoms with Gasteiger partial charge in [0, 0.05) is 24.2 Å². The van der Waals surface area contributed by atoms with Crippen LogP contribution in [0.4, 0.5) is 41.6 Å². The lowest BCUT2D eigenvalue weighted by Gasteiger charge is -2.42. The maximum absolute atomic E-state index is 13.4. The van der Waals surface area contributed by atoms with E-state index in [0.29, 0.717) is 17.7 Å². The molecule has 2 aromatic rings. The SMILES string of the molecule is CCOC(=O)N1c2cc(OC)c(OC)cc2C(N(Cc2cc(C(F)(F)F)cc(C(F)(F)F)c2)C(N)=O)CC1C. The van der Waals surface area contributed by atoms with Gasteiger partial charge in [-0.25, -0.2) is 9.59 Å². The summed E-state index contributed by atoms with van der Waals surface area (Å²) in [5.41, 5.74) is 2.70. The minimum atomic E-state index is -5.07. The second-order valence-electron chi connectivity index (χ2n) is 8.82. The first kappa shape index (κ1) is 29.7. The van der Waals surface area contributed by atoms with Gasteiger partial charge in [0.05, 0.1) is 43.7 Å². The molecule has 2 unspecified atom stereocenters. The minimum Gasteiger partial charge on any atom is -0.493 e. The molecule has 8 nitrogen and oxygen atoms in total. The summed E-state index contributed by atoms with van der Waals surface area (Å²) in [5.74, 6) is 0.444. The van der Waals surface area contributed by atoms with Crippen LogP contribution in [0.5, 0.6) is 11.5 Å². The summed E-state index contributed by atoms with van der Waals surface area (Å²) in [6.07, 6.45) is -10.8. The standard InChI is InChI=1S/C25H27F6N3O5/c1-5-39-23(36)34-13(2)6-18(17-10-20(37-3)21(38-4)11-19(17)34)33(22(32)35)12-14-7-15(24(26,27)28)9-16(8-14)25(29,30)31/h7-11,13,18H,5-6,12H2,1-4H3,(H2,32,35). The van der Waals surface area contributed by atoms with Crippen LogP contribution in [0, 0.1) is 0 Å². The molecule has 214 valence electrons. The molecule has 1 heterocycles. The van der Waals surface area contributed by atoms with Crippen LogP contribution < -0.4 is 20.1 Å². The highest BCUT2D eigenvalue weighted by molar-refractivity contribution is 5.91. The molecule has 0 aliphatic carbocycles. The highest BCUT2D eigenvalue weighted by Crippen LogP contribution is 2.46. The largest absolute Gasteiger partial charge is 0.493 e. The van der Waals surface area contributed by atoms with Crippen molar-refractivity contribution in [3.63, 3.8) is 0 Å². The molecular formula is C25H27F6N3O5. The average Bonchev–Trinajstić information content (AvgIpc) is 2.84. The van der Waals surface area contributed by atoms with Gasteiger partial charge in [0.1, 0.15) is 0 Å². The second kappa shape index (κ2) is 11.1. The third-order valence-corrected chi connectivity index (χ3v) is 6.28. The number of hydrogen-bond acceptors (Lipinski definition) is 5. The number of anilines is 1. The van der Waals surface area contributed by atoms with Crippen LogP contribution in [0.2, 0.25) is 0 Å². The molecule has 0 aromatic heterocycles. The number of hydrogen-bond donors (Lipinski definition) is 1. The highest BCUT2D eigenvalue weighted by atomic mass is 19.4. The molecule has 1 aliphatic rings. The molecule has 2 atom stereocenters. The van der Waals surface area contributed by atoms with E-state index in [4.69, 9.17) is 19.9 Å². The Kier molecular flexibility index (Phi) is 8.46. The Balaban J connectivity index is 2.17. The first-order chi connectivity index (χ1) is 18.1. The van der Waals surface area contributed by atoms with Crippen LogP contribution in [-0.4, -0.2) is 43.9 Å². The lowest BCUT2D eigenvalue weighted by Crippen LogP contribution is -2.48. The fraction of sp³-hybridized carbons (Fsp3) is 0.440. The normalized spacial score (nSPS) is 17.3. The van der Waals surface area contributed by atoms with Gasteiger partial charge in [0.15, 0.2) is 11.5 Å². The number of primary amides is 1. The summed E-state index contributed by atoms with van der Waals surface area (Å²) in [6, 6.07) is 1.36. The number of rotatable bonds is 6. The van der Waals surface area contributed by atoms with Crippen molar-refractivity contribution in [2.75, 3.05) is 25.7 Å². The van der Waals surface area contributed by atoms with Gasteiger partial charge in [-0.1, -0.05) is 0 Å². The number of nitrogens with zero attached hydrogens (tertiary/aromatic N) is 2.